The number of hydrogen-bond acceptors (Lipinski definition) is 5. The number of benzene rings is 2. The maximum Gasteiger partial charge on any atom is 0.387 e. The summed E-state index contributed by atoms with van der Waals surface area (Å²) < 4.78 is 48.0. The van der Waals surface area contributed by atoms with Gasteiger partial charge in [-0.25, -0.2) is 0 Å². The molecule has 1 aliphatic rings. The number of hydrogen-bond donors (Lipinski definition) is 1. The molecule has 1 aliphatic heterocycles. The van der Waals surface area contributed by atoms with Crippen molar-refractivity contribution in [3.8, 4) is 28.7 Å². The maximum absolute atomic E-state index is 13.0. The largest absolute Gasteiger partial charge is 0.493 e. The lowest BCUT2D eigenvalue weighted by Gasteiger charge is -2.20. The molecule has 3 aromatic rings. The molecule has 4 rings (SSSR count). The van der Waals surface area contributed by atoms with Crippen LogP contribution in [0.5, 0.6) is 23.0 Å². The van der Waals surface area contributed by atoms with E-state index in [0.717, 1.165) is 11.4 Å². The average Bonchev–Trinajstić information content (AvgIpc) is 3.07. The molecule has 1 amide bonds. The fourth-order valence-corrected chi connectivity index (χ4v) is 3.70. The van der Waals surface area contributed by atoms with Gasteiger partial charge in [-0.3, -0.25) is 4.79 Å². The molecule has 168 valence electrons. The van der Waals surface area contributed by atoms with E-state index in [1.807, 2.05) is 36.6 Å². The van der Waals surface area contributed by atoms with Gasteiger partial charge in [0.15, 0.2) is 23.0 Å². The van der Waals surface area contributed by atoms with Crippen molar-refractivity contribution in [3.05, 3.63) is 59.4 Å². The van der Waals surface area contributed by atoms with Gasteiger partial charge in [0.2, 0.25) is 0 Å². The van der Waals surface area contributed by atoms with Crippen LogP contribution >= 0.6 is 0 Å². The van der Waals surface area contributed by atoms with Crippen molar-refractivity contribution in [2.75, 3.05) is 25.6 Å². The highest BCUT2D eigenvalue weighted by Gasteiger charge is 2.20. The highest BCUT2D eigenvalue weighted by atomic mass is 19.3. The molecule has 0 bridgehead atoms. The molecule has 1 aromatic heterocycles. The molecule has 0 fully saturated rings. The topological polar surface area (TPSA) is 71.0 Å². The Morgan fingerprint density at radius 3 is 2.50 bits per heavy atom. The summed E-state index contributed by atoms with van der Waals surface area (Å²) in [6.45, 7) is 1.70. The molecule has 7 nitrogen and oxygen atoms in total. The molecule has 2 aromatic carbocycles. The summed E-state index contributed by atoms with van der Waals surface area (Å²) in [4.78, 5) is 13.0. The number of amides is 1. The van der Waals surface area contributed by atoms with Gasteiger partial charge in [0.05, 0.1) is 12.7 Å². The SMILES string of the molecule is COc1ccc(NC(=O)c2cc(C)n(-c3ccc4c(c3)OCCO4)c2C)cc1OC(F)F. The molecule has 0 unspecified atom stereocenters. The average molecular weight is 444 g/mol. The molecule has 9 heteroatoms. The van der Waals surface area contributed by atoms with Crippen LogP contribution in [0, 0.1) is 13.8 Å². The predicted octanol–water partition coefficient (Wildman–Crippen LogP) is 4.73. The van der Waals surface area contributed by atoms with E-state index in [0.29, 0.717) is 41.7 Å². The number of rotatable bonds is 6. The zero-order chi connectivity index (χ0) is 22.8. The van der Waals surface area contributed by atoms with Crippen LogP contribution in [0.25, 0.3) is 5.69 Å². The lowest BCUT2D eigenvalue weighted by Crippen LogP contribution is -2.16. The molecule has 2 heterocycles. The van der Waals surface area contributed by atoms with Crippen molar-refractivity contribution < 1.29 is 32.5 Å². The van der Waals surface area contributed by atoms with Crippen molar-refractivity contribution in [2.24, 2.45) is 0 Å². The Hall–Kier alpha value is -3.75. The van der Waals surface area contributed by atoms with E-state index in [1.165, 1.54) is 19.2 Å². The first-order valence-electron chi connectivity index (χ1n) is 9.90. The third-order valence-corrected chi connectivity index (χ3v) is 5.10. The number of fused-ring (bicyclic) bond motifs is 1. The lowest BCUT2D eigenvalue weighted by atomic mass is 10.2. The molecule has 0 saturated heterocycles. The van der Waals surface area contributed by atoms with Gasteiger partial charge in [-0.05, 0) is 44.2 Å². The molecule has 32 heavy (non-hydrogen) atoms. The van der Waals surface area contributed by atoms with Gasteiger partial charge in [0, 0.05) is 34.9 Å². The molecule has 0 aliphatic carbocycles. The minimum absolute atomic E-state index is 0.139. The van der Waals surface area contributed by atoms with Crippen LogP contribution < -0.4 is 24.3 Å². The number of halogens is 2. The lowest BCUT2D eigenvalue weighted by molar-refractivity contribution is -0.0511. The Bertz CT molecular complexity index is 1160. The molecule has 0 saturated carbocycles. The summed E-state index contributed by atoms with van der Waals surface area (Å²) in [6, 6.07) is 11.7. The summed E-state index contributed by atoms with van der Waals surface area (Å²) in [5.41, 5.74) is 3.15. The van der Waals surface area contributed by atoms with Crippen molar-refractivity contribution >= 4 is 11.6 Å². The minimum atomic E-state index is -3.01. The first-order chi connectivity index (χ1) is 15.4. The summed E-state index contributed by atoms with van der Waals surface area (Å²) >= 11 is 0. The van der Waals surface area contributed by atoms with E-state index in [4.69, 9.17) is 14.2 Å². The Labute approximate surface area is 183 Å². The van der Waals surface area contributed by atoms with Crippen LogP contribution in [0.3, 0.4) is 0 Å². The van der Waals surface area contributed by atoms with Crippen LogP contribution in [0.1, 0.15) is 21.7 Å². The van der Waals surface area contributed by atoms with Crippen LogP contribution in [0.2, 0.25) is 0 Å². The fraction of sp³-hybridized carbons (Fsp3) is 0.261. The van der Waals surface area contributed by atoms with Gasteiger partial charge in [0.1, 0.15) is 13.2 Å². The molecular formula is C23H22F2N2O5. The number of ether oxygens (including phenoxy) is 4. The van der Waals surface area contributed by atoms with E-state index < -0.39 is 6.61 Å². The normalized spacial score (nSPS) is 12.6. The quantitative estimate of drug-likeness (QED) is 0.595. The van der Waals surface area contributed by atoms with Crippen LogP contribution in [-0.4, -0.2) is 37.4 Å². The molecule has 0 spiro atoms. The minimum Gasteiger partial charge on any atom is -0.493 e. The van der Waals surface area contributed by atoms with E-state index in [-0.39, 0.29) is 17.4 Å². The van der Waals surface area contributed by atoms with Crippen LogP contribution in [-0.2, 0) is 0 Å². The summed E-state index contributed by atoms with van der Waals surface area (Å²) in [7, 11) is 1.35. The van der Waals surface area contributed by atoms with Gasteiger partial charge in [0.25, 0.3) is 5.91 Å². The van der Waals surface area contributed by atoms with Crippen molar-refractivity contribution in [1.82, 2.24) is 4.57 Å². The first-order valence-corrected chi connectivity index (χ1v) is 9.90. The van der Waals surface area contributed by atoms with E-state index in [1.54, 1.807) is 12.1 Å². The Morgan fingerprint density at radius 2 is 1.78 bits per heavy atom. The summed E-state index contributed by atoms with van der Waals surface area (Å²) in [5.74, 6) is 0.927. The van der Waals surface area contributed by atoms with Gasteiger partial charge in [-0.1, -0.05) is 0 Å². The monoisotopic (exact) mass is 444 g/mol. The van der Waals surface area contributed by atoms with E-state index >= 15 is 0 Å². The number of nitrogens with zero attached hydrogens (tertiary/aromatic N) is 1. The predicted molar refractivity (Wildman–Crippen MR) is 114 cm³/mol. The number of aryl methyl sites for hydroxylation is 1. The third kappa shape index (κ3) is 4.18. The summed E-state index contributed by atoms with van der Waals surface area (Å²) in [6.07, 6.45) is 0. The number of methoxy groups -OCH3 is 1. The molecular weight excluding hydrogens is 422 g/mol. The van der Waals surface area contributed by atoms with Gasteiger partial charge < -0.3 is 28.8 Å². The van der Waals surface area contributed by atoms with Crippen LogP contribution in [0.4, 0.5) is 14.5 Å². The van der Waals surface area contributed by atoms with Gasteiger partial charge in [-0.15, -0.1) is 0 Å². The van der Waals surface area contributed by atoms with E-state index in [2.05, 4.69) is 10.1 Å². The Balaban J connectivity index is 1.61. The van der Waals surface area contributed by atoms with Crippen molar-refractivity contribution in [1.29, 1.82) is 0 Å². The van der Waals surface area contributed by atoms with Crippen LogP contribution in [0.15, 0.2) is 42.5 Å². The van der Waals surface area contributed by atoms with E-state index in [9.17, 15) is 13.6 Å². The zero-order valence-corrected chi connectivity index (χ0v) is 17.8. The molecule has 1 N–H and O–H groups in total. The maximum atomic E-state index is 13.0. The van der Waals surface area contributed by atoms with Crippen molar-refractivity contribution in [2.45, 2.75) is 20.5 Å². The number of carbonyl (C=O) groups excluding carboxylic acids is 1. The number of anilines is 1. The number of nitrogens with one attached hydrogen (secondary N) is 1. The number of carbonyl (C=O) groups is 1. The number of alkyl halides is 2. The van der Waals surface area contributed by atoms with Crippen molar-refractivity contribution in [3.63, 3.8) is 0 Å². The first kappa shape index (κ1) is 21.5. The second-order valence-corrected chi connectivity index (χ2v) is 7.15. The van der Waals surface area contributed by atoms with Gasteiger partial charge in [-0.2, -0.15) is 8.78 Å². The number of aromatic nitrogens is 1. The van der Waals surface area contributed by atoms with Gasteiger partial charge >= 0.3 is 6.61 Å². The fourth-order valence-electron chi connectivity index (χ4n) is 3.70. The smallest absolute Gasteiger partial charge is 0.387 e. The standard InChI is InChI=1S/C23H22F2N2O5/c1-13-10-17(14(2)27(13)16-5-7-19-20(12-16)31-9-8-30-19)22(28)26-15-4-6-18(29-3)21(11-15)32-23(24)25/h4-7,10-12,23H,8-9H2,1-3H3,(H,26,28). The molecule has 0 radical (unpaired) electrons. The highest BCUT2D eigenvalue weighted by molar-refractivity contribution is 6.05. The second kappa shape index (κ2) is 8.78. The third-order valence-electron chi connectivity index (χ3n) is 5.10. The second-order valence-electron chi connectivity index (χ2n) is 7.15. The Morgan fingerprint density at radius 1 is 1.03 bits per heavy atom. The molecule has 0 atom stereocenters. The summed E-state index contributed by atoms with van der Waals surface area (Å²) in [5, 5.41) is 2.73. The zero-order valence-electron chi connectivity index (χ0n) is 17.8. The Kier molecular flexibility index (Phi) is 5.89. The highest BCUT2D eigenvalue weighted by Crippen LogP contribution is 2.34.